The number of benzene rings is 2. The van der Waals surface area contributed by atoms with Crippen molar-refractivity contribution in [1.29, 1.82) is 0 Å². The number of anilines is 1. The lowest BCUT2D eigenvalue weighted by Gasteiger charge is -2.25. The summed E-state index contributed by atoms with van der Waals surface area (Å²) in [6.45, 7) is 3.17. The van der Waals surface area contributed by atoms with Crippen LogP contribution in [0.2, 0.25) is 0 Å². The predicted octanol–water partition coefficient (Wildman–Crippen LogP) is 2.90. The SMILES string of the molecule is COc1ccc(-c2ccc3c(c2)N2CCNCCC2C3)c(C=O)c1. The van der Waals surface area contributed by atoms with Crippen molar-refractivity contribution >= 4 is 12.0 Å². The van der Waals surface area contributed by atoms with Gasteiger partial charge in [0.15, 0.2) is 6.29 Å². The van der Waals surface area contributed by atoms with E-state index in [1.165, 1.54) is 17.7 Å². The fourth-order valence-corrected chi connectivity index (χ4v) is 3.91. The summed E-state index contributed by atoms with van der Waals surface area (Å²) in [7, 11) is 1.62. The molecule has 4 nitrogen and oxygen atoms in total. The van der Waals surface area contributed by atoms with E-state index in [9.17, 15) is 4.79 Å². The molecule has 2 aliphatic heterocycles. The molecule has 0 bridgehead atoms. The van der Waals surface area contributed by atoms with Gasteiger partial charge in [-0.1, -0.05) is 12.1 Å². The third kappa shape index (κ3) is 2.57. The second kappa shape index (κ2) is 6.29. The van der Waals surface area contributed by atoms with E-state index < -0.39 is 0 Å². The van der Waals surface area contributed by atoms with Gasteiger partial charge in [-0.05, 0) is 60.3 Å². The number of ether oxygens (including phenoxy) is 1. The monoisotopic (exact) mass is 322 g/mol. The van der Waals surface area contributed by atoms with Gasteiger partial charge in [-0.3, -0.25) is 4.79 Å². The molecule has 0 spiro atoms. The smallest absolute Gasteiger partial charge is 0.150 e. The first-order valence-electron chi connectivity index (χ1n) is 8.54. The maximum atomic E-state index is 11.5. The maximum Gasteiger partial charge on any atom is 0.150 e. The number of nitrogens with one attached hydrogen (secondary N) is 1. The van der Waals surface area contributed by atoms with E-state index in [0.29, 0.717) is 17.4 Å². The van der Waals surface area contributed by atoms with Gasteiger partial charge in [-0.15, -0.1) is 0 Å². The van der Waals surface area contributed by atoms with Crippen LogP contribution < -0.4 is 15.0 Å². The fraction of sp³-hybridized carbons (Fsp3) is 0.350. The molecule has 4 heteroatoms. The number of carbonyl (C=O) groups excluding carboxylic acids is 1. The molecular weight excluding hydrogens is 300 g/mol. The summed E-state index contributed by atoms with van der Waals surface area (Å²) in [4.78, 5) is 14.0. The Kier molecular flexibility index (Phi) is 3.98. The van der Waals surface area contributed by atoms with Crippen LogP contribution in [0.5, 0.6) is 5.75 Å². The molecule has 4 rings (SSSR count). The van der Waals surface area contributed by atoms with Gasteiger partial charge in [0.25, 0.3) is 0 Å². The first-order chi connectivity index (χ1) is 11.8. The molecule has 1 fully saturated rings. The largest absolute Gasteiger partial charge is 0.497 e. The van der Waals surface area contributed by atoms with Crippen LogP contribution in [0, 0.1) is 0 Å². The van der Waals surface area contributed by atoms with E-state index in [1.54, 1.807) is 13.2 Å². The number of fused-ring (bicyclic) bond motifs is 3. The Hall–Kier alpha value is -2.33. The molecule has 24 heavy (non-hydrogen) atoms. The first-order valence-corrected chi connectivity index (χ1v) is 8.54. The summed E-state index contributed by atoms with van der Waals surface area (Å²) < 4.78 is 5.23. The van der Waals surface area contributed by atoms with E-state index in [0.717, 1.165) is 43.5 Å². The quantitative estimate of drug-likeness (QED) is 0.882. The topological polar surface area (TPSA) is 41.6 Å². The Balaban J connectivity index is 1.74. The highest BCUT2D eigenvalue weighted by Gasteiger charge is 2.30. The Morgan fingerprint density at radius 2 is 2.12 bits per heavy atom. The van der Waals surface area contributed by atoms with Crippen LogP contribution in [0.3, 0.4) is 0 Å². The molecule has 1 N–H and O–H groups in total. The van der Waals surface area contributed by atoms with Gasteiger partial charge in [0.2, 0.25) is 0 Å². The van der Waals surface area contributed by atoms with Crippen LogP contribution >= 0.6 is 0 Å². The van der Waals surface area contributed by atoms with Crippen molar-refractivity contribution in [1.82, 2.24) is 5.32 Å². The normalized spacial score (nSPS) is 19.4. The number of methoxy groups -OCH3 is 1. The van der Waals surface area contributed by atoms with Crippen LogP contribution in [0.1, 0.15) is 22.3 Å². The number of aldehydes is 1. The highest BCUT2D eigenvalue weighted by Crippen LogP contribution is 2.38. The average Bonchev–Trinajstić information content (AvgIpc) is 2.81. The molecule has 0 saturated carbocycles. The zero-order valence-corrected chi connectivity index (χ0v) is 13.9. The predicted molar refractivity (Wildman–Crippen MR) is 96.1 cm³/mol. The van der Waals surface area contributed by atoms with Crippen molar-refractivity contribution < 1.29 is 9.53 Å². The minimum Gasteiger partial charge on any atom is -0.497 e. The number of rotatable bonds is 3. The van der Waals surface area contributed by atoms with Gasteiger partial charge < -0.3 is 15.0 Å². The Morgan fingerprint density at radius 3 is 2.96 bits per heavy atom. The van der Waals surface area contributed by atoms with Gasteiger partial charge in [-0.2, -0.15) is 0 Å². The Bertz CT molecular complexity index is 772. The molecule has 124 valence electrons. The Labute approximate surface area is 142 Å². The molecule has 0 aliphatic carbocycles. The van der Waals surface area contributed by atoms with Crippen molar-refractivity contribution in [2.75, 3.05) is 31.6 Å². The highest BCUT2D eigenvalue weighted by atomic mass is 16.5. The Morgan fingerprint density at radius 1 is 1.21 bits per heavy atom. The number of nitrogens with zero attached hydrogens (tertiary/aromatic N) is 1. The van der Waals surface area contributed by atoms with E-state index in [2.05, 4.69) is 28.4 Å². The summed E-state index contributed by atoms with van der Waals surface area (Å²) in [5.74, 6) is 0.709. The minimum atomic E-state index is 0.603. The van der Waals surface area contributed by atoms with E-state index in [1.807, 2.05) is 12.1 Å². The van der Waals surface area contributed by atoms with Crippen molar-refractivity contribution in [2.45, 2.75) is 18.9 Å². The van der Waals surface area contributed by atoms with Gasteiger partial charge in [0.1, 0.15) is 5.75 Å². The van der Waals surface area contributed by atoms with Crippen molar-refractivity contribution in [3.8, 4) is 16.9 Å². The van der Waals surface area contributed by atoms with E-state index in [4.69, 9.17) is 4.74 Å². The van der Waals surface area contributed by atoms with Crippen molar-refractivity contribution in [3.05, 3.63) is 47.5 Å². The molecular formula is C20H22N2O2. The van der Waals surface area contributed by atoms with Crippen LogP contribution in [-0.4, -0.2) is 39.1 Å². The lowest BCUT2D eigenvalue weighted by atomic mass is 9.97. The van der Waals surface area contributed by atoms with Crippen molar-refractivity contribution in [3.63, 3.8) is 0 Å². The number of carbonyl (C=O) groups is 1. The van der Waals surface area contributed by atoms with Crippen LogP contribution in [0.15, 0.2) is 36.4 Å². The first kappa shape index (κ1) is 15.2. The van der Waals surface area contributed by atoms with E-state index >= 15 is 0 Å². The highest BCUT2D eigenvalue weighted by molar-refractivity contribution is 5.89. The summed E-state index contributed by atoms with van der Waals surface area (Å²) in [5, 5.41) is 3.48. The zero-order chi connectivity index (χ0) is 16.5. The molecule has 1 atom stereocenters. The van der Waals surface area contributed by atoms with Crippen molar-refractivity contribution in [2.24, 2.45) is 0 Å². The van der Waals surface area contributed by atoms with Gasteiger partial charge >= 0.3 is 0 Å². The number of hydrogen-bond acceptors (Lipinski definition) is 4. The lowest BCUT2D eigenvalue weighted by Crippen LogP contribution is -2.32. The molecule has 1 saturated heterocycles. The molecule has 0 radical (unpaired) electrons. The number of hydrogen-bond donors (Lipinski definition) is 1. The second-order valence-electron chi connectivity index (χ2n) is 6.50. The molecule has 0 aromatic heterocycles. The summed E-state index contributed by atoms with van der Waals surface area (Å²) in [6, 6.07) is 12.9. The summed E-state index contributed by atoms with van der Waals surface area (Å²) >= 11 is 0. The summed E-state index contributed by atoms with van der Waals surface area (Å²) in [6.07, 6.45) is 3.22. The third-order valence-corrected chi connectivity index (χ3v) is 5.17. The standard InChI is InChI=1S/C20H22N2O2/c1-24-18-4-5-19(16(11-18)13-23)14-2-3-15-10-17-6-7-21-8-9-22(17)20(15)12-14/h2-5,11-13,17,21H,6-10H2,1H3. The van der Waals surface area contributed by atoms with Gasteiger partial charge in [0, 0.05) is 30.4 Å². The lowest BCUT2D eigenvalue weighted by molar-refractivity contribution is 0.112. The summed E-state index contributed by atoms with van der Waals surface area (Å²) in [5.41, 5.74) is 5.48. The molecule has 1 unspecified atom stereocenters. The zero-order valence-electron chi connectivity index (χ0n) is 13.9. The van der Waals surface area contributed by atoms with Gasteiger partial charge in [0.05, 0.1) is 7.11 Å². The minimum absolute atomic E-state index is 0.603. The fourth-order valence-electron chi connectivity index (χ4n) is 3.91. The molecule has 2 heterocycles. The van der Waals surface area contributed by atoms with Crippen LogP contribution in [-0.2, 0) is 6.42 Å². The molecule has 2 aromatic carbocycles. The van der Waals surface area contributed by atoms with Crippen LogP contribution in [0.4, 0.5) is 5.69 Å². The second-order valence-corrected chi connectivity index (χ2v) is 6.50. The van der Waals surface area contributed by atoms with Crippen LogP contribution in [0.25, 0.3) is 11.1 Å². The average molecular weight is 322 g/mol. The maximum absolute atomic E-state index is 11.5. The third-order valence-electron chi connectivity index (χ3n) is 5.17. The molecule has 2 aromatic rings. The van der Waals surface area contributed by atoms with E-state index in [-0.39, 0.29) is 0 Å². The molecule has 0 amide bonds. The molecule has 2 aliphatic rings. The van der Waals surface area contributed by atoms with Gasteiger partial charge in [-0.25, -0.2) is 0 Å².